The highest BCUT2D eigenvalue weighted by atomic mass is 14.2. The van der Waals surface area contributed by atoms with E-state index in [0.29, 0.717) is 5.92 Å². The van der Waals surface area contributed by atoms with Gasteiger partial charge in [0.1, 0.15) is 0 Å². The van der Waals surface area contributed by atoms with Gasteiger partial charge in [-0.15, -0.1) is 0 Å². The van der Waals surface area contributed by atoms with Crippen molar-refractivity contribution in [2.24, 2.45) is 5.92 Å². The normalized spacial score (nSPS) is 18.9. The highest BCUT2D eigenvalue weighted by molar-refractivity contribution is 6.05. The molecule has 0 N–H and O–H groups in total. The Morgan fingerprint density at radius 2 is 1.38 bits per heavy atom. The van der Waals surface area contributed by atoms with Gasteiger partial charge in [0, 0.05) is 5.92 Å². The van der Waals surface area contributed by atoms with Crippen LogP contribution in [0.1, 0.15) is 43.2 Å². The summed E-state index contributed by atoms with van der Waals surface area (Å²) in [5.41, 5.74) is 9.64. The number of hydrogen-bond acceptors (Lipinski definition) is 0. The maximum Gasteiger partial charge on any atom is 0.00561 e. The van der Waals surface area contributed by atoms with Crippen molar-refractivity contribution in [2.75, 3.05) is 0 Å². The van der Waals surface area contributed by atoms with Gasteiger partial charge in [0.05, 0.1) is 0 Å². The Kier molecular flexibility index (Phi) is 5.66. The number of hydrogen-bond donors (Lipinski definition) is 0. The van der Waals surface area contributed by atoms with Crippen molar-refractivity contribution in [3.63, 3.8) is 0 Å². The lowest BCUT2D eigenvalue weighted by Crippen LogP contribution is -2.33. The van der Waals surface area contributed by atoms with Crippen LogP contribution in [0.3, 0.4) is 0 Å². The van der Waals surface area contributed by atoms with E-state index in [9.17, 15) is 0 Å². The Balaban J connectivity index is 1.34. The summed E-state index contributed by atoms with van der Waals surface area (Å²) in [5.74, 6) is 0.510. The summed E-state index contributed by atoms with van der Waals surface area (Å²) < 4.78 is 0. The smallest absolute Gasteiger partial charge is 0.00561 e. The van der Waals surface area contributed by atoms with Crippen LogP contribution < -0.4 is 20.9 Å². The number of fused-ring (bicyclic) bond motifs is 4. The van der Waals surface area contributed by atoms with Crippen molar-refractivity contribution < 1.29 is 0 Å². The molecule has 0 bridgehead atoms. The summed E-state index contributed by atoms with van der Waals surface area (Å²) in [6.07, 6.45) is 26.8. The van der Waals surface area contributed by atoms with Gasteiger partial charge in [-0.2, -0.15) is 0 Å². The lowest BCUT2D eigenvalue weighted by Gasteiger charge is -2.23. The van der Waals surface area contributed by atoms with Crippen LogP contribution in [0.4, 0.5) is 0 Å². The van der Waals surface area contributed by atoms with E-state index in [1.807, 2.05) is 0 Å². The van der Waals surface area contributed by atoms with Gasteiger partial charge in [0.2, 0.25) is 0 Å². The second kappa shape index (κ2) is 9.65. The van der Waals surface area contributed by atoms with E-state index in [1.165, 1.54) is 70.6 Å². The molecule has 0 aromatic heterocycles. The van der Waals surface area contributed by atoms with Gasteiger partial charge in [0.15, 0.2) is 0 Å². The van der Waals surface area contributed by atoms with Crippen LogP contribution >= 0.6 is 0 Å². The number of benzene rings is 4. The fourth-order valence-electron chi connectivity index (χ4n) is 7.19. The molecule has 1 unspecified atom stereocenters. The molecule has 4 aliphatic carbocycles. The Hall–Kier alpha value is -4.42. The highest BCUT2D eigenvalue weighted by Gasteiger charge is 2.20. The first kappa shape index (κ1) is 23.5. The second-order valence-corrected chi connectivity index (χ2v) is 11.4. The minimum absolute atomic E-state index is 0.510. The van der Waals surface area contributed by atoms with Gasteiger partial charge in [-0.1, -0.05) is 127 Å². The Morgan fingerprint density at radius 3 is 2.23 bits per heavy atom. The molecule has 4 aromatic carbocycles. The standard InChI is InChI=1S/C40H32/c1-2-12-31-26-32(25-20-27(31)10-1)40-37-17-7-5-15-35(37)39(36-16-6-8-18-38(36)40)30-23-21-29(22-24-30)34-19-9-13-28-11-3-4-14-33(28)34/h1-5,7,11-18,20-27H,6,8-10,19H2. The first-order chi connectivity index (χ1) is 19.8. The van der Waals surface area contributed by atoms with Crippen LogP contribution in [0.5, 0.6) is 0 Å². The molecule has 0 fully saturated rings. The SMILES string of the molecule is C1=CCC2C=CC(c3c4c(c(-c5ccc(C6=c7ccccc7=CCC6)cc5)c5ccccc35)=CCCC=4)=CC2=C1. The van der Waals surface area contributed by atoms with Crippen molar-refractivity contribution in [3.05, 3.63) is 147 Å². The maximum atomic E-state index is 2.48. The highest BCUT2D eigenvalue weighted by Crippen LogP contribution is 2.36. The molecule has 1 atom stereocenters. The Labute approximate surface area is 235 Å². The Morgan fingerprint density at radius 1 is 0.650 bits per heavy atom. The molecule has 0 saturated carbocycles. The summed E-state index contributed by atoms with van der Waals surface area (Å²) in [7, 11) is 0. The zero-order valence-corrected chi connectivity index (χ0v) is 22.7. The van der Waals surface area contributed by atoms with Gasteiger partial charge < -0.3 is 0 Å². The molecule has 0 saturated heterocycles. The molecule has 0 heterocycles. The third-order valence-electron chi connectivity index (χ3n) is 9.09. The minimum Gasteiger partial charge on any atom is -0.0836 e. The fourth-order valence-corrected chi connectivity index (χ4v) is 7.19. The largest absolute Gasteiger partial charge is 0.0836 e. The zero-order valence-electron chi connectivity index (χ0n) is 22.7. The van der Waals surface area contributed by atoms with Gasteiger partial charge in [-0.3, -0.25) is 0 Å². The molecule has 0 heteroatoms. The van der Waals surface area contributed by atoms with Gasteiger partial charge >= 0.3 is 0 Å². The molecular formula is C40H32. The van der Waals surface area contributed by atoms with Crippen LogP contribution in [-0.4, -0.2) is 0 Å². The molecule has 0 spiro atoms. The first-order valence-corrected chi connectivity index (χ1v) is 14.8. The van der Waals surface area contributed by atoms with E-state index in [0.717, 1.165) is 32.1 Å². The van der Waals surface area contributed by atoms with Crippen LogP contribution in [0, 0.1) is 5.92 Å². The molecule has 0 aliphatic heterocycles. The van der Waals surface area contributed by atoms with E-state index in [-0.39, 0.29) is 0 Å². The van der Waals surface area contributed by atoms with Crippen LogP contribution in [0.15, 0.2) is 115 Å². The van der Waals surface area contributed by atoms with Crippen molar-refractivity contribution in [3.8, 4) is 11.1 Å². The molecule has 0 amide bonds. The quantitative estimate of drug-likeness (QED) is 0.275. The minimum atomic E-state index is 0.510. The topological polar surface area (TPSA) is 0 Å². The fraction of sp³-hybridized carbons (Fsp3) is 0.150. The monoisotopic (exact) mass is 512 g/mol. The second-order valence-electron chi connectivity index (χ2n) is 11.4. The van der Waals surface area contributed by atoms with Crippen molar-refractivity contribution in [1.29, 1.82) is 0 Å². The first-order valence-electron chi connectivity index (χ1n) is 14.8. The van der Waals surface area contributed by atoms with Crippen molar-refractivity contribution >= 4 is 40.1 Å². The molecule has 0 nitrogen and oxygen atoms in total. The molecule has 0 radical (unpaired) electrons. The van der Waals surface area contributed by atoms with Gasteiger partial charge in [-0.25, -0.2) is 0 Å². The summed E-state index contributed by atoms with van der Waals surface area (Å²) in [6.45, 7) is 0. The zero-order chi connectivity index (χ0) is 26.5. The van der Waals surface area contributed by atoms with Crippen LogP contribution in [-0.2, 0) is 0 Å². The molecule has 4 aromatic rings. The lowest BCUT2D eigenvalue weighted by molar-refractivity contribution is 0.781. The molecule has 192 valence electrons. The number of rotatable bonds is 3. The third-order valence-corrected chi connectivity index (χ3v) is 9.09. The van der Waals surface area contributed by atoms with Crippen molar-refractivity contribution in [1.82, 2.24) is 0 Å². The van der Waals surface area contributed by atoms with E-state index in [4.69, 9.17) is 0 Å². The van der Waals surface area contributed by atoms with E-state index in [2.05, 4.69) is 127 Å². The summed E-state index contributed by atoms with van der Waals surface area (Å²) in [4.78, 5) is 0. The third kappa shape index (κ3) is 3.82. The lowest BCUT2D eigenvalue weighted by atomic mass is 9.81. The molecule has 40 heavy (non-hydrogen) atoms. The van der Waals surface area contributed by atoms with Crippen molar-refractivity contribution in [2.45, 2.75) is 32.1 Å². The maximum absolute atomic E-state index is 2.48. The van der Waals surface area contributed by atoms with E-state index < -0.39 is 0 Å². The molecular weight excluding hydrogens is 480 g/mol. The van der Waals surface area contributed by atoms with Gasteiger partial charge in [0.25, 0.3) is 0 Å². The average Bonchev–Trinajstić information content (AvgIpc) is 3.03. The summed E-state index contributed by atoms with van der Waals surface area (Å²) in [6, 6.07) is 27.3. The van der Waals surface area contributed by atoms with Gasteiger partial charge in [-0.05, 0) is 103 Å². The molecule has 4 aliphatic rings. The van der Waals surface area contributed by atoms with E-state index in [1.54, 1.807) is 0 Å². The predicted molar refractivity (Wildman–Crippen MR) is 171 cm³/mol. The Bertz CT molecular complexity index is 2060. The number of allylic oxidation sites excluding steroid dienone is 8. The summed E-state index contributed by atoms with van der Waals surface area (Å²) in [5, 5.41) is 8.24. The predicted octanol–water partition coefficient (Wildman–Crippen LogP) is 7.09. The summed E-state index contributed by atoms with van der Waals surface area (Å²) >= 11 is 0. The average molecular weight is 513 g/mol. The molecule has 8 rings (SSSR count). The van der Waals surface area contributed by atoms with Crippen LogP contribution in [0.25, 0.3) is 51.3 Å². The van der Waals surface area contributed by atoms with E-state index >= 15 is 0 Å². The van der Waals surface area contributed by atoms with Crippen LogP contribution in [0.2, 0.25) is 0 Å².